The number of carbonyl (C=O) groups excluding carboxylic acids is 1. The highest BCUT2D eigenvalue weighted by atomic mass is 16.5. The Balaban J connectivity index is 1.33. The summed E-state index contributed by atoms with van der Waals surface area (Å²) in [5, 5.41) is 8.67. The first-order valence-corrected chi connectivity index (χ1v) is 10.6. The topological polar surface area (TPSA) is 69.5 Å². The Hall–Kier alpha value is -2.41. The summed E-state index contributed by atoms with van der Waals surface area (Å²) in [6, 6.07) is 9.71. The van der Waals surface area contributed by atoms with Crippen molar-refractivity contribution in [1.29, 1.82) is 0 Å². The number of benzene rings is 1. The molecule has 1 fully saturated rings. The summed E-state index contributed by atoms with van der Waals surface area (Å²) in [5.74, 6) is 1.64. The van der Waals surface area contributed by atoms with E-state index in [1.54, 1.807) is 0 Å². The van der Waals surface area contributed by atoms with Crippen molar-refractivity contribution in [3.05, 3.63) is 41.7 Å². The molecule has 2 aliphatic rings. The van der Waals surface area contributed by atoms with Gasteiger partial charge in [0.2, 0.25) is 5.91 Å². The molecule has 1 aromatic heterocycles. The Labute approximate surface area is 172 Å². The van der Waals surface area contributed by atoms with Gasteiger partial charge in [-0.25, -0.2) is 4.68 Å². The van der Waals surface area contributed by atoms with Crippen molar-refractivity contribution in [1.82, 2.24) is 19.9 Å². The Morgan fingerprint density at radius 2 is 2.00 bits per heavy atom. The van der Waals surface area contributed by atoms with E-state index in [4.69, 9.17) is 9.47 Å². The summed E-state index contributed by atoms with van der Waals surface area (Å²) in [4.78, 5) is 14.4. The zero-order valence-electron chi connectivity index (χ0n) is 17.3. The summed E-state index contributed by atoms with van der Waals surface area (Å²) in [5.41, 5.74) is 1.57. The van der Waals surface area contributed by atoms with Crippen LogP contribution < -0.4 is 4.74 Å². The van der Waals surface area contributed by atoms with E-state index in [0.29, 0.717) is 32.1 Å². The molecule has 0 bridgehead atoms. The maximum atomic E-state index is 12.4. The second kappa shape index (κ2) is 8.53. The van der Waals surface area contributed by atoms with E-state index in [1.807, 2.05) is 39.9 Å². The Kier molecular flexibility index (Phi) is 5.85. The fourth-order valence-corrected chi connectivity index (χ4v) is 4.01. The van der Waals surface area contributed by atoms with E-state index in [1.165, 1.54) is 0 Å². The number of piperidine rings is 1. The lowest BCUT2D eigenvalue weighted by Gasteiger charge is -2.43. The van der Waals surface area contributed by atoms with E-state index < -0.39 is 0 Å². The molecule has 4 rings (SSSR count). The van der Waals surface area contributed by atoms with Crippen molar-refractivity contribution in [2.45, 2.75) is 64.9 Å². The highest BCUT2D eigenvalue weighted by Gasteiger charge is 2.41. The molecule has 0 radical (unpaired) electrons. The molecule has 1 saturated heterocycles. The quantitative estimate of drug-likeness (QED) is 0.747. The molecule has 0 aliphatic carbocycles. The van der Waals surface area contributed by atoms with Crippen LogP contribution in [-0.2, 0) is 29.3 Å². The minimum absolute atomic E-state index is 0.243. The number of nitrogens with zero attached hydrogens (tertiary/aromatic N) is 4. The molecule has 1 aromatic carbocycles. The van der Waals surface area contributed by atoms with Crippen molar-refractivity contribution < 1.29 is 14.3 Å². The minimum Gasteiger partial charge on any atom is -0.487 e. The monoisotopic (exact) mass is 398 g/mol. The number of para-hydroxylation sites is 1. The van der Waals surface area contributed by atoms with Crippen LogP contribution in [0.25, 0.3) is 0 Å². The fourth-order valence-electron chi connectivity index (χ4n) is 4.01. The number of likely N-dealkylation sites (tertiary alicyclic amines) is 1. The van der Waals surface area contributed by atoms with Crippen LogP contribution in [0.2, 0.25) is 0 Å². The Morgan fingerprint density at radius 3 is 2.72 bits per heavy atom. The zero-order valence-corrected chi connectivity index (χ0v) is 17.3. The summed E-state index contributed by atoms with van der Waals surface area (Å²) >= 11 is 0. The SMILES string of the molecule is CC(C)CCC(=O)N1CCC2(CC1)Cn1nnc(COc3ccccc3)c1CO2. The number of aromatic nitrogens is 3. The van der Waals surface area contributed by atoms with Gasteiger partial charge in [-0.1, -0.05) is 37.3 Å². The first-order valence-electron chi connectivity index (χ1n) is 10.6. The smallest absolute Gasteiger partial charge is 0.222 e. The van der Waals surface area contributed by atoms with E-state index in [0.717, 1.165) is 49.5 Å². The van der Waals surface area contributed by atoms with Gasteiger partial charge < -0.3 is 14.4 Å². The molecule has 0 N–H and O–H groups in total. The highest BCUT2D eigenvalue weighted by molar-refractivity contribution is 5.76. The third-order valence-corrected chi connectivity index (χ3v) is 5.95. The molecular weight excluding hydrogens is 368 g/mol. The molecule has 2 aliphatic heterocycles. The number of amides is 1. The van der Waals surface area contributed by atoms with Gasteiger partial charge in [0.15, 0.2) is 0 Å². The van der Waals surface area contributed by atoms with Crippen LogP contribution in [-0.4, -0.2) is 44.5 Å². The van der Waals surface area contributed by atoms with E-state index in [2.05, 4.69) is 24.2 Å². The molecule has 3 heterocycles. The maximum Gasteiger partial charge on any atom is 0.222 e. The standard InChI is InChI=1S/C22H30N4O3/c1-17(2)8-9-21(27)25-12-10-22(11-13-25)16-26-20(15-29-22)19(23-24-26)14-28-18-6-4-3-5-7-18/h3-7,17H,8-16H2,1-2H3. The summed E-state index contributed by atoms with van der Waals surface area (Å²) in [7, 11) is 0. The van der Waals surface area contributed by atoms with Crippen LogP contribution in [0, 0.1) is 5.92 Å². The molecule has 156 valence electrons. The molecule has 0 unspecified atom stereocenters. The molecule has 0 saturated carbocycles. The molecule has 7 heteroatoms. The summed E-state index contributed by atoms with van der Waals surface area (Å²) < 4.78 is 14.1. The van der Waals surface area contributed by atoms with E-state index >= 15 is 0 Å². The van der Waals surface area contributed by atoms with Crippen molar-refractivity contribution in [2.75, 3.05) is 13.1 Å². The minimum atomic E-state index is -0.243. The lowest BCUT2D eigenvalue weighted by molar-refractivity contribution is -0.146. The van der Waals surface area contributed by atoms with Crippen LogP contribution in [0.4, 0.5) is 0 Å². The van der Waals surface area contributed by atoms with Crippen molar-refractivity contribution >= 4 is 5.91 Å². The van der Waals surface area contributed by atoms with Crippen LogP contribution >= 0.6 is 0 Å². The highest BCUT2D eigenvalue weighted by Crippen LogP contribution is 2.34. The van der Waals surface area contributed by atoms with Crippen LogP contribution in [0.15, 0.2) is 30.3 Å². The third-order valence-electron chi connectivity index (χ3n) is 5.95. The van der Waals surface area contributed by atoms with Crippen molar-refractivity contribution in [3.63, 3.8) is 0 Å². The first kappa shape index (κ1) is 19.9. The molecule has 7 nitrogen and oxygen atoms in total. The second-order valence-electron chi connectivity index (χ2n) is 8.53. The summed E-state index contributed by atoms with van der Waals surface area (Å²) in [6.45, 7) is 7.38. The Morgan fingerprint density at radius 1 is 1.24 bits per heavy atom. The zero-order chi connectivity index (χ0) is 20.3. The van der Waals surface area contributed by atoms with Gasteiger partial charge in [0.25, 0.3) is 0 Å². The largest absolute Gasteiger partial charge is 0.487 e. The average Bonchev–Trinajstić information content (AvgIpc) is 3.13. The lowest BCUT2D eigenvalue weighted by Crippen LogP contribution is -2.52. The average molecular weight is 399 g/mol. The van der Waals surface area contributed by atoms with Gasteiger partial charge in [0.1, 0.15) is 18.1 Å². The van der Waals surface area contributed by atoms with Crippen LogP contribution in [0.3, 0.4) is 0 Å². The van der Waals surface area contributed by atoms with Crippen molar-refractivity contribution in [3.8, 4) is 5.75 Å². The van der Waals surface area contributed by atoms with Crippen molar-refractivity contribution in [2.24, 2.45) is 5.92 Å². The van der Waals surface area contributed by atoms with E-state index in [-0.39, 0.29) is 11.5 Å². The maximum absolute atomic E-state index is 12.4. The van der Waals surface area contributed by atoms with Gasteiger partial charge >= 0.3 is 0 Å². The number of rotatable bonds is 6. The third kappa shape index (κ3) is 4.61. The van der Waals surface area contributed by atoms with Crippen LogP contribution in [0.5, 0.6) is 5.75 Å². The number of ether oxygens (including phenoxy) is 2. The fraction of sp³-hybridized carbons (Fsp3) is 0.591. The first-order chi connectivity index (χ1) is 14.0. The number of fused-ring (bicyclic) bond motifs is 1. The van der Waals surface area contributed by atoms with Gasteiger partial charge in [0.05, 0.1) is 24.4 Å². The predicted octanol–water partition coefficient (Wildman–Crippen LogP) is 3.18. The van der Waals surface area contributed by atoms with E-state index in [9.17, 15) is 4.79 Å². The molecule has 2 aromatic rings. The number of hydrogen-bond donors (Lipinski definition) is 0. The molecular formula is C22H30N4O3. The predicted molar refractivity (Wildman–Crippen MR) is 108 cm³/mol. The molecule has 1 spiro atoms. The van der Waals surface area contributed by atoms with Gasteiger partial charge in [-0.3, -0.25) is 4.79 Å². The number of carbonyl (C=O) groups is 1. The molecule has 1 amide bonds. The van der Waals surface area contributed by atoms with Gasteiger partial charge in [-0.2, -0.15) is 0 Å². The van der Waals surface area contributed by atoms with Gasteiger partial charge in [-0.15, -0.1) is 5.10 Å². The lowest BCUT2D eigenvalue weighted by atomic mass is 9.89. The van der Waals surface area contributed by atoms with Gasteiger partial charge in [0, 0.05) is 19.5 Å². The molecule has 29 heavy (non-hydrogen) atoms. The second-order valence-corrected chi connectivity index (χ2v) is 8.53. The number of hydrogen-bond acceptors (Lipinski definition) is 5. The normalized spacial score (nSPS) is 18.1. The Bertz CT molecular complexity index is 826. The summed E-state index contributed by atoms with van der Waals surface area (Å²) in [6.07, 6.45) is 3.28. The van der Waals surface area contributed by atoms with Crippen LogP contribution in [0.1, 0.15) is 50.9 Å². The van der Waals surface area contributed by atoms with Gasteiger partial charge in [-0.05, 0) is 37.3 Å². The molecule has 0 atom stereocenters.